The Morgan fingerprint density at radius 2 is 2.29 bits per heavy atom. The molecule has 0 spiro atoms. The van der Waals surface area contributed by atoms with Gasteiger partial charge >= 0.3 is 0 Å². The summed E-state index contributed by atoms with van der Waals surface area (Å²) in [5.74, 6) is 0.846. The molecule has 0 amide bonds. The first-order valence-corrected chi connectivity index (χ1v) is 5.46. The number of aryl methyl sites for hydroxylation is 1. The molecular formula is C12H18N2. The third kappa shape index (κ3) is 2.13. The van der Waals surface area contributed by atoms with Crippen LogP contribution in [0.2, 0.25) is 0 Å². The molecule has 1 aliphatic carbocycles. The largest absolute Gasteiger partial charge is 0.310 e. The number of nitrogens with zero attached hydrogens (tertiary/aromatic N) is 1. The highest BCUT2D eigenvalue weighted by Gasteiger charge is 2.31. The lowest BCUT2D eigenvalue weighted by atomic mass is 10.0. The van der Waals surface area contributed by atoms with Crippen molar-refractivity contribution in [2.75, 3.05) is 6.54 Å². The maximum absolute atomic E-state index is 4.26. The zero-order chi connectivity index (χ0) is 9.97. The number of rotatable bonds is 4. The van der Waals surface area contributed by atoms with E-state index in [9.17, 15) is 0 Å². The van der Waals surface area contributed by atoms with E-state index in [1.54, 1.807) is 0 Å². The van der Waals surface area contributed by atoms with Gasteiger partial charge in [-0.2, -0.15) is 0 Å². The highest BCUT2D eigenvalue weighted by Crippen LogP contribution is 2.40. The van der Waals surface area contributed by atoms with Gasteiger partial charge in [0.2, 0.25) is 0 Å². The summed E-state index contributed by atoms with van der Waals surface area (Å²) in [6, 6.07) is 2.78. The standard InChI is InChI=1S/C12H18N2/c1-3-14-12(10-4-5-10)11-6-9(2)7-13-8-11/h6-8,10,12,14H,3-5H2,1-2H3. The third-order valence-corrected chi connectivity index (χ3v) is 2.77. The summed E-state index contributed by atoms with van der Waals surface area (Å²) >= 11 is 0. The van der Waals surface area contributed by atoms with Crippen molar-refractivity contribution >= 4 is 0 Å². The molecule has 1 heterocycles. The second-order valence-electron chi connectivity index (χ2n) is 4.17. The first-order valence-electron chi connectivity index (χ1n) is 5.46. The van der Waals surface area contributed by atoms with Crippen molar-refractivity contribution in [3.8, 4) is 0 Å². The summed E-state index contributed by atoms with van der Waals surface area (Å²) in [7, 11) is 0. The molecule has 76 valence electrons. The molecule has 1 fully saturated rings. The van der Waals surface area contributed by atoms with Gasteiger partial charge in [0.1, 0.15) is 0 Å². The SMILES string of the molecule is CCNC(c1cncc(C)c1)C1CC1. The predicted molar refractivity (Wildman–Crippen MR) is 58.1 cm³/mol. The van der Waals surface area contributed by atoms with Gasteiger partial charge in [0.15, 0.2) is 0 Å². The molecule has 1 aromatic heterocycles. The Morgan fingerprint density at radius 1 is 1.50 bits per heavy atom. The fourth-order valence-electron chi connectivity index (χ4n) is 1.95. The Labute approximate surface area is 85.7 Å². The zero-order valence-corrected chi connectivity index (χ0v) is 8.96. The molecule has 1 aromatic rings. The van der Waals surface area contributed by atoms with E-state index < -0.39 is 0 Å². The number of pyridine rings is 1. The molecule has 14 heavy (non-hydrogen) atoms. The predicted octanol–water partition coefficient (Wildman–Crippen LogP) is 2.45. The molecule has 0 aromatic carbocycles. The van der Waals surface area contributed by atoms with Crippen LogP contribution in [0.1, 0.15) is 36.9 Å². The van der Waals surface area contributed by atoms with Crippen LogP contribution in [-0.4, -0.2) is 11.5 Å². The van der Waals surface area contributed by atoms with E-state index in [4.69, 9.17) is 0 Å². The normalized spacial score (nSPS) is 18.1. The van der Waals surface area contributed by atoms with Crippen LogP contribution in [0.15, 0.2) is 18.5 Å². The van der Waals surface area contributed by atoms with Crippen LogP contribution in [0.25, 0.3) is 0 Å². The van der Waals surface area contributed by atoms with Gasteiger partial charge in [0.05, 0.1) is 0 Å². The van der Waals surface area contributed by atoms with Crippen LogP contribution in [0, 0.1) is 12.8 Å². The molecule has 1 atom stereocenters. The van der Waals surface area contributed by atoms with E-state index in [1.807, 2.05) is 12.4 Å². The lowest BCUT2D eigenvalue weighted by Gasteiger charge is -2.17. The Morgan fingerprint density at radius 3 is 2.86 bits per heavy atom. The van der Waals surface area contributed by atoms with Crippen LogP contribution in [0.3, 0.4) is 0 Å². The smallest absolute Gasteiger partial charge is 0.0363 e. The molecule has 1 aliphatic rings. The van der Waals surface area contributed by atoms with Gasteiger partial charge in [-0.15, -0.1) is 0 Å². The second-order valence-corrected chi connectivity index (χ2v) is 4.17. The van der Waals surface area contributed by atoms with Crippen molar-refractivity contribution in [1.29, 1.82) is 0 Å². The fraction of sp³-hybridized carbons (Fsp3) is 0.583. The third-order valence-electron chi connectivity index (χ3n) is 2.77. The van der Waals surface area contributed by atoms with Crippen molar-refractivity contribution < 1.29 is 0 Å². The van der Waals surface area contributed by atoms with Crippen LogP contribution >= 0.6 is 0 Å². The topological polar surface area (TPSA) is 24.9 Å². The van der Waals surface area contributed by atoms with E-state index in [-0.39, 0.29) is 0 Å². The van der Waals surface area contributed by atoms with Crippen molar-refractivity contribution in [1.82, 2.24) is 10.3 Å². The molecule has 1 unspecified atom stereocenters. The van der Waals surface area contributed by atoms with Crippen LogP contribution in [-0.2, 0) is 0 Å². The van der Waals surface area contributed by atoms with Gasteiger partial charge < -0.3 is 5.32 Å². The van der Waals surface area contributed by atoms with E-state index in [1.165, 1.54) is 24.0 Å². The monoisotopic (exact) mass is 190 g/mol. The summed E-state index contributed by atoms with van der Waals surface area (Å²) in [5.41, 5.74) is 2.61. The van der Waals surface area contributed by atoms with Crippen molar-refractivity contribution in [3.05, 3.63) is 29.6 Å². The summed E-state index contributed by atoms with van der Waals surface area (Å²) in [5, 5.41) is 3.55. The molecule has 0 radical (unpaired) electrons. The highest BCUT2D eigenvalue weighted by atomic mass is 14.9. The minimum absolute atomic E-state index is 0.535. The Kier molecular flexibility index (Phi) is 2.82. The zero-order valence-electron chi connectivity index (χ0n) is 8.96. The summed E-state index contributed by atoms with van der Waals surface area (Å²) < 4.78 is 0. The minimum atomic E-state index is 0.535. The Bertz CT molecular complexity index is 305. The molecule has 2 nitrogen and oxygen atoms in total. The lowest BCUT2D eigenvalue weighted by Crippen LogP contribution is -2.22. The molecule has 1 N–H and O–H groups in total. The van der Waals surface area contributed by atoms with Gasteiger partial charge in [0.25, 0.3) is 0 Å². The highest BCUT2D eigenvalue weighted by molar-refractivity contribution is 5.22. The molecule has 1 saturated carbocycles. The average molecular weight is 190 g/mol. The van der Waals surface area contributed by atoms with Crippen LogP contribution in [0.5, 0.6) is 0 Å². The van der Waals surface area contributed by atoms with E-state index in [2.05, 4.69) is 30.2 Å². The van der Waals surface area contributed by atoms with Gasteiger partial charge in [-0.25, -0.2) is 0 Å². The van der Waals surface area contributed by atoms with E-state index in [0.717, 1.165) is 12.5 Å². The van der Waals surface area contributed by atoms with Gasteiger partial charge in [-0.3, -0.25) is 4.98 Å². The van der Waals surface area contributed by atoms with Gasteiger partial charge in [-0.05, 0) is 43.4 Å². The maximum atomic E-state index is 4.26. The minimum Gasteiger partial charge on any atom is -0.310 e. The maximum Gasteiger partial charge on any atom is 0.0363 e. The quantitative estimate of drug-likeness (QED) is 0.789. The van der Waals surface area contributed by atoms with Gasteiger partial charge in [0, 0.05) is 18.4 Å². The Balaban J connectivity index is 2.16. The number of hydrogen-bond acceptors (Lipinski definition) is 2. The number of hydrogen-bond donors (Lipinski definition) is 1. The number of nitrogens with one attached hydrogen (secondary N) is 1. The summed E-state index contributed by atoms with van der Waals surface area (Å²) in [4.78, 5) is 4.26. The van der Waals surface area contributed by atoms with Crippen molar-refractivity contribution in [2.24, 2.45) is 5.92 Å². The fourth-order valence-corrected chi connectivity index (χ4v) is 1.95. The van der Waals surface area contributed by atoms with Crippen molar-refractivity contribution in [2.45, 2.75) is 32.7 Å². The summed E-state index contributed by atoms with van der Waals surface area (Å²) in [6.07, 6.45) is 6.65. The molecule has 0 aliphatic heterocycles. The van der Waals surface area contributed by atoms with Gasteiger partial charge in [-0.1, -0.05) is 13.0 Å². The van der Waals surface area contributed by atoms with E-state index in [0.29, 0.717) is 6.04 Å². The molecule has 2 rings (SSSR count). The molecule has 0 saturated heterocycles. The Hall–Kier alpha value is -0.890. The molecule has 0 bridgehead atoms. The summed E-state index contributed by atoms with van der Waals surface area (Å²) in [6.45, 7) is 5.31. The van der Waals surface area contributed by atoms with Crippen LogP contribution in [0.4, 0.5) is 0 Å². The first-order chi connectivity index (χ1) is 6.81. The van der Waals surface area contributed by atoms with Crippen molar-refractivity contribution in [3.63, 3.8) is 0 Å². The lowest BCUT2D eigenvalue weighted by molar-refractivity contribution is 0.494. The first kappa shape index (κ1) is 9.66. The van der Waals surface area contributed by atoms with Crippen LogP contribution < -0.4 is 5.32 Å². The molecule has 2 heteroatoms. The van der Waals surface area contributed by atoms with E-state index >= 15 is 0 Å². The molecular weight excluding hydrogens is 172 g/mol. The second kappa shape index (κ2) is 4.09. The number of aromatic nitrogens is 1. The average Bonchev–Trinajstić information content (AvgIpc) is 2.97.